The molecule has 0 aliphatic rings. The molecular weight excluding hydrogens is 504 g/mol. The number of para-hydroxylation sites is 2. The third-order valence-electron chi connectivity index (χ3n) is 6.82. The molecule has 0 spiro atoms. The zero-order chi connectivity index (χ0) is 26.6. The van der Waals surface area contributed by atoms with Gasteiger partial charge in [-0.2, -0.15) is 0 Å². The average molecular weight is 533 g/mol. The fourth-order valence-electron chi connectivity index (χ4n) is 4.74. The van der Waals surface area contributed by atoms with Crippen LogP contribution in [0.15, 0.2) is 109 Å². The molecule has 194 valence electrons. The molecule has 0 aliphatic heterocycles. The van der Waals surface area contributed by atoms with Gasteiger partial charge in [-0.25, -0.2) is 9.78 Å². The molecule has 0 unspecified atom stereocenters. The van der Waals surface area contributed by atoms with E-state index in [1.807, 2.05) is 59.5 Å². The second-order valence-corrected chi connectivity index (χ2v) is 10.2. The average Bonchev–Trinajstić information content (AvgIpc) is 3.57. The van der Waals surface area contributed by atoms with Crippen LogP contribution in [0, 0.1) is 0 Å². The molecule has 7 heteroatoms. The number of fused-ring (bicyclic) bond motifs is 2. The van der Waals surface area contributed by atoms with E-state index in [0.717, 1.165) is 27.5 Å². The van der Waals surface area contributed by atoms with Gasteiger partial charge in [-0.1, -0.05) is 78.9 Å². The number of hydrogen-bond acceptors (Lipinski definition) is 4. The van der Waals surface area contributed by atoms with Gasteiger partial charge in [0, 0.05) is 42.3 Å². The first-order valence-electron chi connectivity index (χ1n) is 12.9. The van der Waals surface area contributed by atoms with E-state index in [1.54, 1.807) is 18.4 Å². The first-order chi connectivity index (χ1) is 19.2. The van der Waals surface area contributed by atoms with Gasteiger partial charge in [-0.3, -0.25) is 4.40 Å². The van der Waals surface area contributed by atoms with Crippen LogP contribution in [0.1, 0.15) is 11.3 Å². The Kier molecular flexibility index (Phi) is 6.97. The van der Waals surface area contributed by atoms with E-state index < -0.39 is 0 Å². The van der Waals surface area contributed by atoms with Crippen molar-refractivity contribution in [2.45, 2.75) is 13.0 Å². The third kappa shape index (κ3) is 5.35. The number of imidazole rings is 1. The highest BCUT2D eigenvalue weighted by Gasteiger charge is 2.18. The second kappa shape index (κ2) is 11.0. The van der Waals surface area contributed by atoms with Crippen LogP contribution in [0.25, 0.3) is 27.0 Å². The molecule has 4 aromatic carbocycles. The maximum Gasteiger partial charge on any atom is 0.322 e. The number of thiazole rings is 1. The maximum atomic E-state index is 13.4. The van der Waals surface area contributed by atoms with Crippen molar-refractivity contribution in [3.05, 3.63) is 120 Å². The number of aromatic nitrogens is 2. The minimum absolute atomic E-state index is 0.169. The molecule has 1 N–H and O–H groups in total. The molecule has 0 saturated carbocycles. The largest absolute Gasteiger partial charge is 0.495 e. The Morgan fingerprint density at radius 2 is 1.72 bits per heavy atom. The number of benzene rings is 4. The molecule has 6 aromatic rings. The number of amides is 2. The predicted octanol–water partition coefficient (Wildman–Crippen LogP) is 7.50. The van der Waals surface area contributed by atoms with Crippen LogP contribution in [-0.2, 0) is 13.0 Å². The van der Waals surface area contributed by atoms with E-state index in [-0.39, 0.29) is 6.03 Å². The summed E-state index contributed by atoms with van der Waals surface area (Å²) < 4.78 is 7.58. The van der Waals surface area contributed by atoms with E-state index in [9.17, 15) is 4.79 Å². The van der Waals surface area contributed by atoms with Crippen LogP contribution in [0.3, 0.4) is 0 Å². The van der Waals surface area contributed by atoms with Crippen LogP contribution in [0.4, 0.5) is 10.5 Å². The van der Waals surface area contributed by atoms with Crippen molar-refractivity contribution in [3.8, 4) is 17.0 Å². The summed E-state index contributed by atoms with van der Waals surface area (Å²) in [5.41, 5.74) is 4.89. The van der Waals surface area contributed by atoms with Crippen LogP contribution in [0.5, 0.6) is 5.75 Å². The van der Waals surface area contributed by atoms with Gasteiger partial charge in [0.25, 0.3) is 0 Å². The summed E-state index contributed by atoms with van der Waals surface area (Å²) in [5.74, 6) is 0.629. The lowest BCUT2D eigenvalue weighted by Crippen LogP contribution is -2.36. The summed E-state index contributed by atoms with van der Waals surface area (Å²) in [7, 11) is 1.60. The van der Waals surface area contributed by atoms with Crippen LogP contribution < -0.4 is 10.1 Å². The van der Waals surface area contributed by atoms with E-state index in [0.29, 0.717) is 30.9 Å². The van der Waals surface area contributed by atoms with E-state index in [4.69, 9.17) is 9.72 Å². The third-order valence-corrected chi connectivity index (χ3v) is 7.71. The van der Waals surface area contributed by atoms with Gasteiger partial charge in [-0.05, 0) is 34.5 Å². The monoisotopic (exact) mass is 532 g/mol. The van der Waals surface area contributed by atoms with E-state index in [1.165, 1.54) is 10.8 Å². The van der Waals surface area contributed by atoms with Crippen molar-refractivity contribution in [3.63, 3.8) is 0 Å². The number of hydrogen-bond donors (Lipinski definition) is 1. The molecular formula is C32H28N4O2S. The van der Waals surface area contributed by atoms with Gasteiger partial charge >= 0.3 is 6.03 Å². The van der Waals surface area contributed by atoms with Gasteiger partial charge in [0.15, 0.2) is 4.96 Å². The van der Waals surface area contributed by atoms with Crippen molar-refractivity contribution in [1.29, 1.82) is 0 Å². The fourth-order valence-corrected chi connectivity index (χ4v) is 5.65. The summed E-state index contributed by atoms with van der Waals surface area (Å²) >= 11 is 1.62. The zero-order valence-electron chi connectivity index (χ0n) is 21.6. The molecule has 0 fully saturated rings. The van der Waals surface area contributed by atoms with E-state index in [2.05, 4.69) is 63.8 Å². The summed E-state index contributed by atoms with van der Waals surface area (Å²) in [6.45, 7) is 1.05. The molecule has 0 aliphatic carbocycles. The number of nitrogens with zero attached hydrogens (tertiary/aromatic N) is 3. The van der Waals surface area contributed by atoms with Gasteiger partial charge in [-0.15, -0.1) is 11.3 Å². The Hall–Kier alpha value is -4.62. The standard InChI is InChI=1S/C32H28N4O2S/c1-38-30-14-8-7-13-28(30)33-31(37)35(20-23-9-3-2-4-10-23)18-17-27-22-39-32-34-29(21-36(27)32)26-16-15-24-11-5-6-12-25(24)19-26/h2-16,19,21-22H,17-18,20H2,1H3,(H,33,37). The van der Waals surface area contributed by atoms with Gasteiger partial charge in [0.2, 0.25) is 0 Å². The summed E-state index contributed by atoms with van der Waals surface area (Å²) in [6.07, 6.45) is 2.79. The van der Waals surface area contributed by atoms with Crippen LogP contribution in [-0.4, -0.2) is 34.0 Å². The summed E-state index contributed by atoms with van der Waals surface area (Å²) in [6, 6.07) is 32.1. The number of ether oxygens (including phenoxy) is 1. The molecule has 2 amide bonds. The number of nitrogens with one attached hydrogen (secondary N) is 1. The minimum Gasteiger partial charge on any atom is -0.495 e. The Bertz CT molecular complexity index is 1740. The molecule has 0 radical (unpaired) electrons. The second-order valence-electron chi connectivity index (χ2n) is 9.36. The van der Waals surface area contributed by atoms with Crippen molar-refractivity contribution >= 4 is 38.8 Å². The molecule has 39 heavy (non-hydrogen) atoms. The Morgan fingerprint density at radius 1 is 0.949 bits per heavy atom. The molecule has 6 nitrogen and oxygen atoms in total. The number of urea groups is 1. The van der Waals surface area contributed by atoms with Gasteiger partial charge in [0.05, 0.1) is 18.5 Å². The summed E-state index contributed by atoms with van der Waals surface area (Å²) in [5, 5.41) is 7.58. The number of anilines is 1. The number of methoxy groups -OCH3 is 1. The molecule has 0 atom stereocenters. The molecule has 0 bridgehead atoms. The topological polar surface area (TPSA) is 58.9 Å². The number of carbonyl (C=O) groups excluding carboxylic acids is 1. The van der Waals surface area contributed by atoms with Crippen LogP contribution >= 0.6 is 11.3 Å². The quantitative estimate of drug-likeness (QED) is 0.221. The van der Waals surface area contributed by atoms with Crippen molar-refractivity contribution < 1.29 is 9.53 Å². The zero-order valence-corrected chi connectivity index (χ0v) is 22.4. The van der Waals surface area contributed by atoms with Gasteiger partial charge < -0.3 is 15.0 Å². The Labute approximate surface area is 231 Å². The highest BCUT2D eigenvalue weighted by molar-refractivity contribution is 7.15. The molecule has 2 heterocycles. The highest BCUT2D eigenvalue weighted by Crippen LogP contribution is 2.27. The lowest BCUT2D eigenvalue weighted by atomic mass is 10.1. The predicted molar refractivity (Wildman–Crippen MR) is 159 cm³/mol. The summed E-state index contributed by atoms with van der Waals surface area (Å²) in [4.78, 5) is 21.1. The lowest BCUT2D eigenvalue weighted by Gasteiger charge is -2.24. The minimum atomic E-state index is -0.169. The molecule has 6 rings (SSSR count). The van der Waals surface area contributed by atoms with Crippen LogP contribution in [0.2, 0.25) is 0 Å². The number of carbonyl (C=O) groups is 1. The Morgan fingerprint density at radius 3 is 2.56 bits per heavy atom. The smallest absolute Gasteiger partial charge is 0.322 e. The van der Waals surface area contributed by atoms with E-state index >= 15 is 0 Å². The SMILES string of the molecule is COc1ccccc1NC(=O)N(CCc1csc2nc(-c3ccc4ccccc4c3)cn12)Cc1ccccc1. The van der Waals surface area contributed by atoms with Crippen molar-refractivity contribution in [2.75, 3.05) is 19.0 Å². The first kappa shape index (κ1) is 24.7. The molecule has 2 aromatic heterocycles. The molecule has 0 saturated heterocycles. The van der Waals surface area contributed by atoms with Gasteiger partial charge in [0.1, 0.15) is 5.75 Å². The van der Waals surface area contributed by atoms with Crippen molar-refractivity contribution in [2.24, 2.45) is 0 Å². The highest BCUT2D eigenvalue weighted by atomic mass is 32.1. The maximum absolute atomic E-state index is 13.4. The lowest BCUT2D eigenvalue weighted by molar-refractivity contribution is 0.209. The fraction of sp³-hybridized carbons (Fsp3) is 0.125. The number of rotatable bonds is 8. The Balaban J connectivity index is 1.23. The first-order valence-corrected chi connectivity index (χ1v) is 13.7. The normalized spacial score (nSPS) is 11.1. The van der Waals surface area contributed by atoms with Crippen molar-refractivity contribution in [1.82, 2.24) is 14.3 Å².